The van der Waals surface area contributed by atoms with Crippen LogP contribution in [0, 0.1) is 0 Å². The lowest BCUT2D eigenvalue weighted by Gasteiger charge is -2.09. The smallest absolute Gasteiger partial charge is 0.313 e. The van der Waals surface area contributed by atoms with Crippen molar-refractivity contribution in [1.82, 2.24) is 0 Å². The van der Waals surface area contributed by atoms with Crippen LogP contribution in [0.2, 0.25) is 0 Å². The lowest BCUT2D eigenvalue weighted by atomic mass is 10.1. The molecule has 0 saturated carbocycles. The maximum Gasteiger partial charge on any atom is 0.313 e. The Balaban J connectivity index is 2.79. The van der Waals surface area contributed by atoms with E-state index in [0.717, 1.165) is 6.42 Å². The minimum Gasteiger partial charge on any atom is -0.497 e. The van der Waals surface area contributed by atoms with E-state index in [1.165, 1.54) is 14.2 Å². The Hall–Kier alpha value is -2.04. The van der Waals surface area contributed by atoms with Crippen LogP contribution in [0.3, 0.4) is 0 Å². The normalized spacial score (nSPS) is 9.84. The van der Waals surface area contributed by atoms with Gasteiger partial charge in [0.1, 0.15) is 17.9 Å². The van der Waals surface area contributed by atoms with E-state index in [-0.39, 0.29) is 12.2 Å². The monoisotopic (exact) mass is 266 g/mol. The van der Waals surface area contributed by atoms with Gasteiger partial charge >= 0.3 is 5.97 Å². The molecule has 0 spiro atoms. The Labute approximate surface area is 112 Å². The van der Waals surface area contributed by atoms with E-state index >= 15 is 0 Å². The van der Waals surface area contributed by atoms with Crippen molar-refractivity contribution in [1.29, 1.82) is 0 Å². The third-order valence-corrected chi connectivity index (χ3v) is 2.48. The summed E-state index contributed by atoms with van der Waals surface area (Å²) in [4.78, 5) is 23.4. The summed E-state index contributed by atoms with van der Waals surface area (Å²) in [6.07, 6.45) is 0.439. The Bertz CT molecular complexity index is 453. The van der Waals surface area contributed by atoms with Gasteiger partial charge in [0.25, 0.3) is 0 Å². The van der Waals surface area contributed by atoms with Crippen LogP contribution in [0.15, 0.2) is 18.2 Å². The van der Waals surface area contributed by atoms with E-state index in [9.17, 15) is 9.59 Å². The highest BCUT2D eigenvalue weighted by Crippen LogP contribution is 2.25. The number of carbonyl (C=O) groups is 2. The molecule has 0 heterocycles. The van der Waals surface area contributed by atoms with Gasteiger partial charge in [-0.3, -0.25) is 9.59 Å². The SMILES string of the molecule is CCCOC(=O)CC(=O)c1ccc(OC)cc1OC. The first-order valence-electron chi connectivity index (χ1n) is 6.03. The summed E-state index contributed by atoms with van der Waals surface area (Å²) in [5.74, 6) is 0.111. The molecule has 0 unspecified atom stereocenters. The Morgan fingerprint density at radius 2 is 1.89 bits per heavy atom. The highest BCUT2D eigenvalue weighted by atomic mass is 16.5. The van der Waals surface area contributed by atoms with Gasteiger partial charge in [-0.15, -0.1) is 0 Å². The first-order valence-corrected chi connectivity index (χ1v) is 6.03. The third-order valence-electron chi connectivity index (χ3n) is 2.48. The summed E-state index contributed by atoms with van der Waals surface area (Å²) in [5.41, 5.74) is 0.344. The molecule has 5 nitrogen and oxygen atoms in total. The van der Waals surface area contributed by atoms with Crippen molar-refractivity contribution in [3.63, 3.8) is 0 Å². The van der Waals surface area contributed by atoms with Gasteiger partial charge < -0.3 is 14.2 Å². The van der Waals surface area contributed by atoms with Gasteiger partial charge in [0.05, 0.1) is 26.4 Å². The van der Waals surface area contributed by atoms with E-state index in [4.69, 9.17) is 14.2 Å². The van der Waals surface area contributed by atoms with Crippen molar-refractivity contribution in [2.75, 3.05) is 20.8 Å². The second-order valence-corrected chi connectivity index (χ2v) is 3.89. The molecule has 0 aromatic heterocycles. The molecule has 104 valence electrons. The van der Waals surface area contributed by atoms with Crippen LogP contribution in [0.4, 0.5) is 0 Å². The molecule has 19 heavy (non-hydrogen) atoms. The molecule has 1 aromatic rings. The van der Waals surface area contributed by atoms with Crippen molar-refractivity contribution < 1.29 is 23.8 Å². The summed E-state index contributed by atoms with van der Waals surface area (Å²) in [5, 5.41) is 0. The highest BCUT2D eigenvalue weighted by molar-refractivity contribution is 6.07. The fourth-order valence-electron chi connectivity index (χ4n) is 1.52. The van der Waals surface area contributed by atoms with Crippen LogP contribution in [-0.4, -0.2) is 32.6 Å². The van der Waals surface area contributed by atoms with Crippen molar-refractivity contribution >= 4 is 11.8 Å². The van der Waals surface area contributed by atoms with Gasteiger partial charge in [0, 0.05) is 6.07 Å². The number of rotatable bonds is 7. The summed E-state index contributed by atoms with van der Waals surface area (Å²) < 4.78 is 15.0. The molecule has 0 bridgehead atoms. The van der Waals surface area contributed by atoms with Crippen molar-refractivity contribution in [2.24, 2.45) is 0 Å². The Kier molecular flexibility index (Phi) is 5.85. The number of ether oxygens (including phenoxy) is 3. The van der Waals surface area contributed by atoms with Crippen LogP contribution in [0.1, 0.15) is 30.1 Å². The standard InChI is InChI=1S/C14H18O5/c1-4-7-19-14(16)9-12(15)11-6-5-10(17-2)8-13(11)18-3/h5-6,8H,4,7,9H2,1-3H3. The molecule has 0 saturated heterocycles. The maximum absolute atomic E-state index is 12.0. The number of Topliss-reactive ketones (excluding diaryl/α,β-unsaturated/α-hetero) is 1. The number of carbonyl (C=O) groups excluding carboxylic acids is 2. The third kappa shape index (κ3) is 4.28. The van der Waals surface area contributed by atoms with Crippen molar-refractivity contribution in [3.05, 3.63) is 23.8 Å². The molecule has 0 radical (unpaired) electrons. The molecule has 0 fully saturated rings. The average molecular weight is 266 g/mol. The van der Waals surface area contributed by atoms with Crippen molar-refractivity contribution in [2.45, 2.75) is 19.8 Å². The largest absolute Gasteiger partial charge is 0.497 e. The van der Waals surface area contributed by atoms with E-state index in [0.29, 0.717) is 23.7 Å². The maximum atomic E-state index is 12.0. The lowest BCUT2D eigenvalue weighted by Crippen LogP contribution is -2.12. The Morgan fingerprint density at radius 3 is 2.47 bits per heavy atom. The van der Waals surface area contributed by atoms with E-state index in [2.05, 4.69) is 0 Å². The molecule has 5 heteroatoms. The molecule has 1 rings (SSSR count). The minimum atomic E-state index is -0.523. The fourth-order valence-corrected chi connectivity index (χ4v) is 1.52. The van der Waals surface area contributed by atoms with Gasteiger partial charge in [0.15, 0.2) is 5.78 Å². The van der Waals surface area contributed by atoms with Gasteiger partial charge in [-0.2, -0.15) is 0 Å². The zero-order valence-electron chi connectivity index (χ0n) is 11.4. The zero-order chi connectivity index (χ0) is 14.3. The van der Waals surface area contributed by atoms with E-state index in [1.54, 1.807) is 18.2 Å². The van der Waals surface area contributed by atoms with E-state index < -0.39 is 5.97 Å². The molecule has 0 aliphatic heterocycles. The molecule has 0 atom stereocenters. The Morgan fingerprint density at radius 1 is 1.16 bits per heavy atom. The van der Waals surface area contributed by atoms with Gasteiger partial charge in [-0.25, -0.2) is 0 Å². The second-order valence-electron chi connectivity index (χ2n) is 3.89. The molecule has 0 aliphatic rings. The minimum absolute atomic E-state index is 0.289. The summed E-state index contributed by atoms with van der Waals surface area (Å²) in [6, 6.07) is 4.82. The predicted octanol–water partition coefficient (Wildman–Crippen LogP) is 2.23. The number of esters is 1. The highest BCUT2D eigenvalue weighted by Gasteiger charge is 2.17. The van der Waals surface area contributed by atoms with Gasteiger partial charge in [-0.1, -0.05) is 6.92 Å². The van der Waals surface area contributed by atoms with Crippen LogP contribution in [-0.2, 0) is 9.53 Å². The molecular weight excluding hydrogens is 248 g/mol. The summed E-state index contributed by atoms with van der Waals surface area (Å²) in [6.45, 7) is 2.22. The summed E-state index contributed by atoms with van der Waals surface area (Å²) in [7, 11) is 2.99. The number of hydrogen-bond donors (Lipinski definition) is 0. The molecular formula is C14H18O5. The molecule has 1 aromatic carbocycles. The predicted molar refractivity (Wildman–Crippen MR) is 69.7 cm³/mol. The number of hydrogen-bond acceptors (Lipinski definition) is 5. The van der Waals surface area contributed by atoms with Crippen molar-refractivity contribution in [3.8, 4) is 11.5 Å². The number of ketones is 1. The fraction of sp³-hybridized carbons (Fsp3) is 0.429. The zero-order valence-corrected chi connectivity index (χ0v) is 11.4. The van der Waals surface area contributed by atoms with Crippen LogP contribution in [0.5, 0.6) is 11.5 Å². The van der Waals surface area contributed by atoms with Gasteiger partial charge in [-0.05, 0) is 18.6 Å². The molecule has 0 N–H and O–H groups in total. The van der Waals surface area contributed by atoms with Crippen LogP contribution >= 0.6 is 0 Å². The number of benzene rings is 1. The molecule has 0 amide bonds. The first kappa shape index (κ1) is 15.0. The van der Waals surface area contributed by atoms with Gasteiger partial charge in [0.2, 0.25) is 0 Å². The second kappa shape index (κ2) is 7.41. The summed E-state index contributed by atoms with van der Waals surface area (Å²) >= 11 is 0. The van der Waals surface area contributed by atoms with Crippen LogP contribution in [0.25, 0.3) is 0 Å². The van der Waals surface area contributed by atoms with E-state index in [1.807, 2.05) is 6.92 Å². The molecule has 0 aliphatic carbocycles. The first-order chi connectivity index (χ1) is 9.12. The lowest BCUT2D eigenvalue weighted by molar-refractivity contribution is -0.142. The van der Waals surface area contributed by atoms with Crippen LogP contribution < -0.4 is 9.47 Å². The topological polar surface area (TPSA) is 61.8 Å². The quantitative estimate of drug-likeness (QED) is 0.430. The average Bonchev–Trinajstić information content (AvgIpc) is 2.44. The number of methoxy groups -OCH3 is 2.